The van der Waals surface area contributed by atoms with Crippen LogP contribution < -0.4 is 10.3 Å². The summed E-state index contributed by atoms with van der Waals surface area (Å²) < 4.78 is 12.4. The molecule has 0 saturated carbocycles. The molecular formula is C22H23NO4. The average molecular weight is 365 g/mol. The van der Waals surface area contributed by atoms with Crippen molar-refractivity contribution in [2.75, 3.05) is 0 Å². The summed E-state index contributed by atoms with van der Waals surface area (Å²) in [7, 11) is 0. The van der Waals surface area contributed by atoms with E-state index < -0.39 is 12.0 Å². The highest BCUT2D eigenvalue weighted by Crippen LogP contribution is 2.20. The summed E-state index contributed by atoms with van der Waals surface area (Å²) in [6.45, 7) is 5.74. The van der Waals surface area contributed by atoms with Crippen LogP contribution in [0, 0.1) is 0 Å². The molecule has 1 heterocycles. The van der Waals surface area contributed by atoms with Crippen LogP contribution >= 0.6 is 0 Å². The fourth-order valence-electron chi connectivity index (χ4n) is 2.85. The predicted molar refractivity (Wildman–Crippen MR) is 105 cm³/mol. The Morgan fingerprint density at radius 2 is 1.78 bits per heavy atom. The van der Waals surface area contributed by atoms with E-state index in [9.17, 15) is 9.59 Å². The largest absolute Gasteiger partial charge is 0.491 e. The third-order valence-corrected chi connectivity index (χ3v) is 4.26. The van der Waals surface area contributed by atoms with Crippen molar-refractivity contribution in [2.24, 2.45) is 0 Å². The van der Waals surface area contributed by atoms with Crippen LogP contribution in [0.5, 0.6) is 5.75 Å². The van der Waals surface area contributed by atoms with Gasteiger partial charge in [-0.3, -0.25) is 4.79 Å². The zero-order chi connectivity index (χ0) is 19.4. The van der Waals surface area contributed by atoms with Gasteiger partial charge in [0.05, 0.1) is 6.10 Å². The highest BCUT2D eigenvalue weighted by molar-refractivity contribution is 5.83. The zero-order valence-corrected chi connectivity index (χ0v) is 15.7. The first-order chi connectivity index (χ1) is 13.0. The summed E-state index contributed by atoms with van der Waals surface area (Å²) in [5.74, 6) is 0.269. The molecule has 0 N–H and O–H groups in total. The number of carbonyl (C=O) groups is 1. The maximum atomic E-state index is 12.8. The number of pyridine rings is 1. The quantitative estimate of drug-likeness (QED) is 0.617. The van der Waals surface area contributed by atoms with Gasteiger partial charge in [0.15, 0.2) is 0 Å². The average Bonchev–Trinajstić information content (AvgIpc) is 2.66. The number of esters is 1. The van der Waals surface area contributed by atoms with E-state index in [-0.39, 0.29) is 18.3 Å². The lowest BCUT2D eigenvalue weighted by atomic mass is 10.1. The Labute approximate surface area is 158 Å². The topological polar surface area (TPSA) is 57.5 Å². The molecule has 0 aliphatic rings. The second kappa shape index (κ2) is 8.08. The molecule has 5 heteroatoms. The van der Waals surface area contributed by atoms with Crippen LogP contribution in [-0.4, -0.2) is 16.6 Å². The van der Waals surface area contributed by atoms with Gasteiger partial charge in [0.2, 0.25) is 0 Å². The number of fused-ring (bicyclic) bond motifs is 1. The summed E-state index contributed by atoms with van der Waals surface area (Å²) in [5, 5.41) is 1.32. The Hall–Kier alpha value is -3.08. The minimum absolute atomic E-state index is 0.0576. The number of nitrogens with zero attached hydrogens (tertiary/aromatic N) is 1. The van der Waals surface area contributed by atoms with Crippen molar-refractivity contribution in [1.29, 1.82) is 0 Å². The minimum Gasteiger partial charge on any atom is -0.491 e. The first-order valence-electron chi connectivity index (χ1n) is 8.98. The van der Waals surface area contributed by atoms with Gasteiger partial charge in [-0.2, -0.15) is 0 Å². The Kier molecular flexibility index (Phi) is 5.60. The molecule has 5 nitrogen and oxygen atoms in total. The number of benzene rings is 2. The molecule has 27 heavy (non-hydrogen) atoms. The number of aromatic nitrogens is 1. The smallest absolute Gasteiger partial charge is 0.329 e. The molecule has 0 aliphatic heterocycles. The van der Waals surface area contributed by atoms with E-state index in [2.05, 4.69) is 0 Å². The summed E-state index contributed by atoms with van der Waals surface area (Å²) in [4.78, 5) is 25.2. The van der Waals surface area contributed by atoms with Gasteiger partial charge in [0.1, 0.15) is 18.4 Å². The number of ether oxygens (including phenoxy) is 2. The van der Waals surface area contributed by atoms with E-state index in [1.165, 1.54) is 4.57 Å². The SMILES string of the molecule is CC(C)Oc1ccc2c(=O)n(C(C)C(=O)OCc3ccccc3)ccc2c1. The first kappa shape index (κ1) is 18.7. The molecule has 0 fully saturated rings. The zero-order valence-electron chi connectivity index (χ0n) is 15.7. The molecule has 140 valence electrons. The summed E-state index contributed by atoms with van der Waals surface area (Å²) in [5.41, 5.74) is 0.675. The normalized spacial score (nSPS) is 12.1. The molecule has 0 bridgehead atoms. The molecule has 1 atom stereocenters. The number of rotatable bonds is 6. The van der Waals surface area contributed by atoms with Crippen LogP contribution in [0.1, 0.15) is 32.4 Å². The summed E-state index contributed by atoms with van der Waals surface area (Å²) >= 11 is 0. The van der Waals surface area contributed by atoms with Crippen molar-refractivity contribution in [1.82, 2.24) is 4.57 Å². The molecule has 0 spiro atoms. The second-order valence-corrected chi connectivity index (χ2v) is 6.71. The summed E-state index contributed by atoms with van der Waals surface area (Å²) in [6, 6.07) is 15.9. The molecule has 0 amide bonds. The van der Waals surface area contributed by atoms with Gasteiger partial charge in [-0.05, 0) is 56.0 Å². The van der Waals surface area contributed by atoms with Crippen molar-refractivity contribution in [3.05, 3.63) is 76.7 Å². The fraction of sp³-hybridized carbons (Fsp3) is 0.273. The molecule has 1 unspecified atom stereocenters. The highest BCUT2D eigenvalue weighted by Gasteiger charge is 2.19. The number of hydrogen-bond acceptors (Lipinski definition) is 4. The van der Waals surface area contributed by atoms with Gasteiger partial charge in [-0.1, -0.05) is 30.3 Å². The third-order valence-electron chi connectivity index (χ3n) is 4.26. The summed E-state index contributed by atoms with van der Waals surface area (Å²) in [6.07, 6.45) is 1.68. The Morgan fingerprint density at radius 1 is 1.04 bits per heavy atom. The van der Waals surface area contributed by atoms with E-state index >= 15 is 0 Å². The lowest BCUT2D eigenvalue weighted by Crippen LogP contribution is -2.28. The third kappa shape index (κ3) is 4.37. The van der Waals surface area contributed by atoms with Crippen LogP contribution in [0.4, 0.5) is 0 Å². The van der Waals surface area contributed by atoms with Crippen molar-refractivity contribution in [3.8, 4) is 5.75 Å². The van der Waals surface area contributed by atoms with E-state index in [1.54, 1.807) is 25.3 Å². The van der Waals surface area contributed by atoms with Crippen LogP contribution in [0.15, 0.2) is 65.6 Å². The fourth-order valence-corrected chi connectivity index (χ4v) is 2.85. The maximum absolute atomic E-state index is 12.8. The minimum atomic E-state index is -0.711. The van der Waals surface area contributed by atoms with Crippen molar-refractivity contribution in [2.45, 2.75) is 39.5 Å². The van der Waals surface area contributed by atoms with Gasteiger partial charge >= 0.3 is 5.97 Å². The van der Waals surface area contributed by atoms with Crippen LogP contribution in [-0.2, 0) is 16.1 Å². The maximum Gasteiger partial charge on any atom is 0.329 e. The Morgan fingerprint density at radius 3 is 2.48 bits per heavy atom. The van der Waals surface area contributed by atoms with Crippen LogP contribution in [0.25, 0.3) is 10.8 Å². The molecule has 0 aliphatic carbocycles. The molecule has 0 saturated heterocycles. The second-order valence-electron chi connectivity index (χ2n) is 6.71. The van der Waals surface area contributed by atoms with E-state index in [0.29, 0.717) is 11.1 Å². The van der Waals surface area contributed by atoms with Gasteiger partial charge in [0, 0.05) is 11.6 Å². The van der Waals surface area contributed by atoms with Gasteiger partial charge in [0.25, 0.3) is 5.56 Å². The van der Waals surface area contributed by atoms with Crippen LogP contribution in [0.2, 0.25) is 0 Å². The van der Waals surface area contributed by atoms with Gasteiger partial charge in [-0.25, -0.2) is 4.79 Å². The molecule has 1 aromatic heterocycles. The van der Waals surface area contributed by atoms with Gasteiger partial charge in [-0.15, -0.1) is 0 Å². The predicted octanol–water partition coefficient (Wildman–Crippen LogP) is 4.09. The molecule has 2 aromatic carbocycles. The van der Waals surface area contributed by atoms with E-state index in [0.717, 1.165) is 10.9 Å². The standard InChI is InChI=1S/C22H23NO4/c1-15(2)27-19-9-10-20-18(13-19)11-12-23(21(20)24)16(3)22(25)26-14-17-7-5-4-6-8-17/h4-13,15-16H,14H2,1-3H3. The van der Waals surface area contributed by atoms with Gasteiger partial charge < -0.3 is 14.0 Å². The van der Waals surface area contributed by atoms with Crippen molar-refractivity contribution < 1.29 is 14.3 Å². The van der Waals surface area contributed by atoms with Crippen molar-refractivity contribution >= 4 is 16.7 Å². The highest BCUT2D eigenvalue weighted by atomic mass is 16.5. The van der Waals surface area contributed by atoms with Crippen molar-refractivity contribution in [3.63, 3.8) is 0 Å². The lowest BCUT2D eigenvalue weighted by molar-refractivity contribution is -0.148. The Balaban J connectivity index is 1.80. The monoisotopic (exact) mass is 365 g/mol. The molecule has 3 aromatic rings. The van der Waals surface area contributed by atoms with E-state index in [4.69, 9.17) is 9.47 Å². The lowest BCUT2D eigenvalue weighted by Gasteiger charge is -2.16. The first-order valence-corrected chi connectivity index (χ1v) is 8.98. The number of hydrogen-bond donors (Lipinski definition) is 0. The molecule has 0 radical (unpaired) electrons. The number of carbonyl (C=O) groups excluding carboxylic acids is 1. The Bertz CT molecular complexity index is 992. The molecule has 3 rings (SSSR count). The van der Waals surface area contributed by atoms with E-state index in [1.807, 2.05) is 56.3 Å². The van der Waals surface area contributed by atoms with Crippen LogP contribution in [0.3, 0.4) is 0 Å². The molecular weight excluding hydrogens is 342 g/mol.